The Morgan fingerprint density at radius 1 is 1.04 bits per heavy atom. The second-order valence-electron chi connectivity index (χ2n) is 7.49. The van der Waals surface area contributed by atoms with Gasteiger partial charge < -0.3 is 20.6 Å². The molecule has 3 N–H and O–H groups in total. The maximum absolute atomic E-state index is 12.6. The molecule has 0 saturated carbocycles. The highest BCUT2D eigenvalue weighted by Crippen LogP contribution is 2.22. The van der Waals surface area contributed by atoms with E-state index in [9.17, 15) is 9.59 Å². The van der Waals surface area contributed by atoms with Crippen molar-refractivity contribution in [1.29, 1.82) is 0 Å². The molecular formula is C20H30ClN3O3. The summed E-state index contributed by atoms with van der Waals surface area (Å²) >= 11 is 0. The molecule has 3 rings (SSSR count). The topological polar surface area (TPSA) is 81.7 Å². The van der Waals surface area contributed by atoms with Crippen molar-refractivity contribution in [3.8, 4) is 0 Å². The molecule has 1 aromatic rings. The molecule has 6 nitrogen and oxygen atoms in total. The summed E-state index contributed by atoms with van der Waals surface area (Å²) in [6, 6.07) is 7.73. The molecule has 150 valence electrons. The predicted molar refractivity (Wildman–Crippen MR) is 109 cm³/mol. The van der Waals surface area contributed by atoms with Crippen LogP contribution in [0.5, 0.6) is 0 Å². The first kappa shape index (κ1) is 21.5. The highest BCUT2D eigenvalue weighted by molar-refractivity contribution is 5.94. The van der Waals surface area contributed by atoms with Crippen LogP contribution in [-0.2, 0) is 4.79 Å². The van der Waals surface area contributed by atoms with E-state index in [-0.39, 0.29) is 30.7 Å². The van der Waals surface area contributed by atoms with Crippen LogP contribution in [0.4, 0.5) is 5.69 Å². The van der Waals surface area contributed by atoms with Crippen molar-refractivity contribution in [2.24, 2.45) is 11.8 Å². The summed E-state index contributed by atoms with van der Waals surface area (Å²) in [5, 5.41) is 15.7. The fourth-order valence-electron chi connectivity index (χ4n) is 3.85. The van der Waals surface area contributed by atoms with E-state index >= 15 is 0 Å². The Balaban J connectivity index is 0.00000261. The molecule has 0 aromatic heterocycles. The van der Waals surface area contributed by atoms with Crippen LogP contribution >= 0.6 is 12.4 Å². The minimum atomic E-state index is -0.748. The van der Waals surface area contributed by atoms with Crippen molar-refractivity contribution in [3.05, 3.63) is 29.8 Å². The summed E-state index contributed by atoms with van der Waals surface area (Å²) in [5.41, 5.74) is 1.76. The minimum Gasteiger partial charge on any atom is -0.481 e. The zero-order valence-corrected chi connectivity index (χ0v) is 16.5. The number of piperidine rings is 2. The SMILES string of the molecule is Cl.O=C(O)CC1CCN(C(=O)c2ccc(NCC3CCNCC3)cc2)CC1. The Kier molecular flexibility index (Phi) is 8.38. The number of benzene rings is 1. The van der Waals surface area contributed by atoms with Gasteiger partial charge in [-0.25, -0.2) is 0 Å². The average molecular weight is 396 g/mol. The quantitative estimate of drug-likeness (QED) is 0.690. The molecule has 2 saturated heterocycles. The number of carbonyl (C=O) groups is 2. The predicted octanol–water partition coefficient (Wildman–Crippen LogP) is 2.85. The van der Waals surface area contributed by atoms with Gasteiger partial charge in [0.2, 0.25) is 0 Å². The Labute approximate surface area is 167 Å². The summed E-state index contributed by atoms with van der Waals surface area (Å²) in [5.74, 6) is 0.203. The molecule has 0 bridgehead atoms. The molecule has 7 heteroatoms. The van der Waals surface area contributed by atoms with Gasteiger partial charge in [0.05, 0.1) is 0 Å². The van der Waals surface area contributed by atoms with Gasteiger partial charge in [0.25, 0.3) is 5.91 Å². The molecule has 27 heavy (non-hydrogen) atoms. The van der Waals surface area contributed by atoms with Crippen LogP contribution < -0.4 is 10.6 Å². The second kappa shape index (κ2) is 10.5. The van der Waals surface area contributed by atoms with E-state index in [1.807, 2.05) is 29.2 Å². The smallest absolute Gasteiger partial charge is 0.303 e. The average Bonchev–Trinajstić information content (AvgIpc) is 2.67. The number of carboxylic acid groups (broad SMARTS) is 1. The van der Waals surface area contributed by atoms with Crippen LogP contribution in [0.15, 0.2) is 24.3 Å². The van der Waals surface area contributed by atoms with E-state index in [4.69, 9.17) is 5.11 Å². The maximum Gasteiger partial charge on any atom is 0.303 e. The summed E-state index contributed by atoms with van der Waals surface area (Å²) in [7, 11) is 0. The fourth-order valence-corrected chi connectivity index (χ4v) is 3.85. The molecule has 0 atom stereocenters. The number of amides is 1. The number of rotatable bonds is 6. The molecule has 0 aliphatic carbocycles. The van der Waals surface area contributed by atoms with E-state index in [0.717, 1.165) is 38.2 Å². The van der Waals surface area contributed by atoms with Gasteiger partial charge in [0.15, 0.2) is 0 Å². The summed E-state index contributed by atoms with van der Waals surface area (Å²) in [6.45, 7) is 4.47. The molecule has 0 spiro atoms. The molecule has 2 fully saturated rings. The van der Waals surface area contributed by atoms with E-state index < -0.39 is 5.97 Å². The van der Waals surface area contributed by atoms with Crippen molar-refractivity contribution in [2.75, 3.05) is 38.0 Å². The Morgan fingerprint density at radius 3 is 2.26 bits per heavy atom. The summed E-state index contributed by atoms with van der Waals surface area (Å²) < 4.78 is 0. The van der Waals surface area contributed by atoms with Gasteiger partial charge in [0.1, 0.15) is 0 Å². The van der Waals surface area contributed by atoms with Crippen molar-refractivity contribution in [2.45, 2.75) is 32.1 Å². The van der Waals surface area contributed by atoms with Gasteiger partial charge in [-0.1, -0.05) is 0 Å². The molecule has 0 unspecified atom stereocenters. The van der Waals surface area contributed by atoms with Gasteiger partial charge >= 0.3 is 5.97 Å². The number of carbonyl (C=O) groups excluding carboxylic acids is 1. The third kappa shape index (κ3) is 6.40. The summed E-state index contributed by atoms with van der Waals surface area (Å²) in [4.78, 5) is 25.3. The lowest BCUT2D eigenvalue weighted by Crippen LogP contribution is -2.38. The molecule has 2 aliphatic heterocycles. The molecule has 0 radical (unpaired) electrons. The first-order valence-corrected chi connectivity index (χ1v) is 9.67. The lowest BCUT2D eigenvalue weighted by atomic mass is 9.93. The number of anilines is 1. The third-order valence-corrected chi connectivity index (χ3v) is 5.55. The van der Waals surface area contributed by atoms with Crippen molar-refractivity contribution in [1.82, 2.24) is 10.2 Å². The zero-order valence-electron chi connectivity index (χ0n) is 15.7. The molecule has 1 amide bonds. The second-order valence-corrected chi connectivity index (χ2v) is 7.49. The zero-order chi connectivity index (χ0) is 18.4. The van der Waals surface area contributed by atoms with Crippen molar-refractivity contribution >= 4 is 30.0 Å². The molecule has 2 aliphatic rings. The van der Waals surface area contributed by atoms with Gasteiger partial charge in [0, 0.05) is 37.3 Å². The lowest BCUT2D eigenvalue weighted by Gasteiger charge is -2.31. The van der Waals surface area contributed by atoms with Gasteiger partial charge in [-0.15, -0.1) is 12.4 Å². The van der Waals surface area contributed by atoms with Crippen LogP contribution in [-0.4, -0.2) is 54.6 Å². The Bertz CT molecular complexity index is 609. The van der Waals surface area contributed by atoms with Crippen LogP contribution in [0.25, 0.3) is 0 Å². The van der Waals surface area contributed by atoms with Crippen LogP contribution in [0.2, 0.25) is 0 Å². The number of nitrogens with one attached hydrogen (secondary N) is 2. The number of nitrogens with zero attached hydrogens (tertiary/aromatic N) is 1. The van der Waals surface area contributed by atoms with Crippen LogP contribution in [0.3, 0.4) is 0 Å². The molecule has 2 heterocycles. The highest BCUT2D eigenvalue weighted by atomic mass is 35.5. The number of hydrogen-bond acceptors (Lipinski definition) is 4. The Morgan fingerprint density at radius 2 is 1.67 bits per heavy atom. The maximum atomic E-state index is 12.6. The first-order chi connectivity index (χ1) is 12.6. The van der Waals surface area contributed by atoms with Crippen molar-refractivity contribution < 1.29 is 14.7 Å². The van der Waals surface area contributed by atoms with Crippen LogP contribution in [0, 0.1) is 11.8 Å². The van der Waals surface area contributed by atoms with E-state index in [2.05, 4.69) is 10.6 Å². The highest BCUT2D eigenvalue weighted by Gasteiger charge is 2.25. The fraction of sp³-hybridized carbons (Fsp3) is 0.600. The Hall–Kier alpha value is -1.79. The van der Waals surface area contributed by atoms with Gasteiger partial charge in [-0.05, 0) is 74.9 Å². The number of aliphatic carboxylic acids is 1. The van der Waals surface area contributed by atoms with E-state index in [1.165, 1.54) is 12.8 Å². The van der Waals surface area contributed by atoms with Gasteiger partial charge in [-0.3, -0.25) is 9.59 Å². The minimum absolute atomic E-state index is 0. The molecular weight excluding hydrogens is 366 g/mol. The number of carboxylic acids is 1. The lowest BCUT2D eigenvalue weighted by molar-refractivity contribution is -0.138. The standard InChI is InChI=1S/C20H29N3O3.ClH/c24-19(25)13-15-7-11-23(12-8-15)20(26)17-1-3-18(4-2-17)22-14-16-5-9-21-10-6-16;/h1-4,15-16,21-22H,5-14H2,(H,24,25);1H. The van der Waals surface area contributed by atoms with E-state index in [0.29, 0.717) is 24.6 Å². The number of halogens is 1. The largest absolute Gasteiger partial charge is 0.481 e. The van der Waals surface area contributed by atoms with Gasteiger partial charge in [-0.2, -0.15) is 0 Å². The monoisotopic (exact) mass is 395 g/mol. The normalized spacial score (nSPS) is 18.6. The first-order valence-electron chi connectivity index (χ1n) is 9.67. The number of hydrogen-bond donors (Lipinski definition) is 3. The molecule has 1 aromatic carbocycles. The number of likely N-dealkylation sites (tertiary alicyclic amines) is 1. The van der Waals surface area contributed by atoms with E-state index in [1.54, 1.807) is 0 Å². The van der Waals surface area contributed by atoms with Crippen molar-refractivity contribution in [3.63, 3.8) is 0 Å². The summed E-state index contributed by atoms with van der Waals surface area (Å²) in [6.07, 6.45) is 4.17. The third-order valence-electron chi connectivity index (χ3n) is 5.55. The van der Waals surface area contributed by atoms with Crippen LogP contribution in [0.1, 0.15) is 42.5 Å².